The van der Waals surface area contributed by atoms with E-state index in [1.54, 1.807) is 0 Å². The van der Waals surface area contributed by atoms with Crippen LogP contribution in [0.5, 0.6) is 0 Å². The first-order valence-electron chi connectivity index (χ1n) is 7.11. The van der Waals surface area contributed by atoms with Crippen LogP contribution < -0.4 is 22.1 Å². The molecule has 4 atom stereocenters. The maximum atomic E-state index is 11.8. The summed E-state index contributed by atoms with van der Waals surface area (Å²) in [5.41, 5.74) is 10.7. The number of carbonyl (C=O) groups excluding carboxylic acids is 2. The van der Waals surface area contributed by atoms with Crippen molar-refractivity contribution in [2.45, 2.75) is 37.6 Å². The summed E-state index contributed by atoms with van der Waals surface area (Å²) >= 11 is 0. The highest BCUT2D eigenvalue weighted by Gasteiger charge is 2.27. The van der Waals surface area contributed by atoms with E-state index in [-0.39, 0.29) is 11.7 Å². The summed E-state index contributed by atoms with van der Waals surface area (Å²) < 4.78 is 4.91. The summed E-state index contributed by atoms with van der Waals surface area (Å²) in [5.74, 6) is -2.52. The molecular weight excluding hydrogens is 340 g/mol. The van der Waals surface area contributed by atoms with Crippen LogP contribution in [0.2, 0.25) is 0 Å². The number of aliphatic carboxylic acids is 1. The van der Waals surface area contributed by atoms with E-state index in [2.05, 4.69) is 15.5 Å². The molecule has 1 aromatic rings. The molecule has 1 aromatic heterocycles. The minimum atomic E-state index is -1.55. The highest BCUT2D eigenvalue weighted by atomic mass is 16.5. The summed E-state index contributed by atoms with van der Waals surface area (Å²) in [6.07, 6.45) is -1.40. The van der Waals surface area contributed by atoms with Crippen LogP contribution >= 0.6 is 0 Å². The topological polar surface area (TPSA) is 227 Å². The summed E-state index contributed by atoms with van der Waals surface area (Å²) in [6.45, 7) is 0.575. The normalized spacial score (nSPS) is 15.7. The largest absolute Gasteiger partial charge is 0.480 e. The van der Waals surface area contributed by atoms with Crippen LogP contribution in [0.3, 0.4) is 0 Å². The summed E-state index contributed by atoms with van der Waals surface area (Å²) in [7, 11) is 0. The molecule has 0 saturated carbocycles. The van der Waals surface area contributed by atoms with Gasteiger partial charge < -0.3 is 41.9 Å². The second kappa shape index (κ2) is 8.91. The van der Waals surface area contributed by atoms with Gasteiger partial charge in [0.15, 0.2) is 11.9 Å². The monoisotopic (exact) mass is 360 g/mol. The molecule has 0 radical (unpaired) electrons. The van der Waals surface area contributed by atoms with Gasteiger partial charge in [0.25, 0.3) is 0 Å². The Morgan fingerprint density at radius 3 is 2.44 bits per heavy atom. The first-order valence-corrected chi connectivity index (χ1v) is 7.11. The minimum Gasteiger partial charge on any atom is -0.480 e. The number of carbonyl (C=O) groups is 3. The van der Waals surface area contributed by atoms with Crippen molar-refractivity contribution < 1.29 is 34.2 Å². The maximum Gasteiger partial charge on any atom is 0.328 e. The number of primary amides is 1. The van der Waals surface area contributed by atoms with Gasteiger partial charge in [0.05, 0.1) is 25.2 Å². The molecule has 1 rings (SSSR count). The maximum absolute atomic E-state index is 11.8. The summed E-state index contributed by atoms with van der Waals surface area (Å²) in [4.78, 5) is 37.7. The number of nitrogens with two attached hydrogens (primary N) is 2. The van der Waals surface area contributed by atoms with Gasteiger partial charge in [0.2, 0.25) is 11.8 Å². The lowest BCUT2D eigenvalue weighted by Crippen LogP contribution is -2.49. The van der Waals surface area contributed by atoms with Gasteiger partial charge in [-0.15, -0.1) is 0 Å². The Morgan fingerprint density at radius 2 is 1.96 bits per heavy atom. The minimum absolute atomic E-state index is 0.0551. The highest BCUT2D eigenvalue weighted by molar-refractivity contribution is 5.83. The Hall–Kier alpha value is -2.77. The molecular formula is C12H20N6O7. The van der Waals surface area contributed by atoms with E-state index in [4.69, 9.17) is 26.2 Å². The number of nitrogens with zero attached hydrogens (tertiary/aromatic N) is 2. The van der Waals surface area contributed by atoms with E-state index in [1.807, 2.05) is 5.32 Å². The van der Waals surface area contributed by atoms with Crippen molar-refractivity contribution in [1.82, 2.24) is 20.8 Å². The molecule has 0 spiro atoms. The molecule has 3 amide bonds. The number of carboxylic acid groups (broad SMARTS) is 1. The Kier molecular flexibility index (Phi) is 7.22. The molecule has 0 fully saturated rings. The fourth-order valence-electron chi connectivity index (χ4n) is 1.68. The fourth-order valence-corrected chi connectivity index (χ4v) is 1.68. The van der Waals surface area contributed by atoms with E-state index >= 15 is 0 Å². The SMILES string of the molecule is C[C@@H](O)C(N)c1noc([C@@H](CC(N)=O)NC(=O)N[C@H](CO)C(=O)O)n1. The van der Waals surface area contributed by atoms with Crippen molar-refractivity contribution in [2.75, 3.05) is 6.61 Å². The Morgan fingerprint density at radius 1 is 1.32 bits per heavy atom. The smallest absolute Gasteiger partial charge is 0.328 e. The second-order valence-electron chi connectivity index (χ2n) is 5.17. The number of amides is 3. The third-order valence-electron chi connectivity index (χ3n) is 3.07. The number of aromatic nitrogens is 2. The van der Waals surface area contributed by atoms with Crippen molar-refractivity contribution in [3.8, 4) is 0 Å². The molecule has 9 N–H and O–H groups in total. The van der Waals surface area contributed by atoms with Crippen LogP contribution in [-0.4, -0.2) is 62.1 Å². The molecule has 0 aliphatic rings. The van der Waals surface area contributed by atoms with Crippen LogP contribution in [-0.2, 0) is 9.59 Å². The van der Waals surface area contributed by atoms with Crippen molar-refractivity contribution in [3.63, 3.8) is 0 Å². The number of urea groups is 1. The number of aliphatic hydroxyl groups excluding tert-OH is 2. The van der Waals surface area contributed by atoms with E-state index in [9.17, 15) is 19.5 Å². The van der Waals surface area contributed by atoms with Crippen molar-refractivity contribution >= 4 is 17.9 Å². The summed E-state index contributed by atoms with van der Waals surface area (Å²) in [5, 5.41) is 34.8. The van der Waals surface area contributed by atoms with E-state index in [0.29, 0.717) is 0 Å². The third kappa shape index (κ3) is 5.98. The van der Waals surface area contributed by atoms with Crippen LogP contribution in [0.25, 0.3) is 0 Å². The molecule has 0 aliphatic carbocycles. The average Bonchev–Trinajstić information content (AvgIpc) is 3.00. The molecule has 25 heavy (non-hydrogen) atoms. The molecule has 140 valence electrons. The Balaban J connectivity index is 2.89. The number of rotatable bonds is 9. The number of aliphatic hydroxyl groups is 2. The first-order chi connectivity index (χ1) is 11.6. The molecule has 0 aliphatic heterocycles. The lowest BCUT2D eigenvalue weighted by atomic mass is 10.2. The van der Waals surface area contributed by atoms with Gasteiger partial charge >= 0.3 is 12.0 Å². The van der Waals surface area contributed by atoms with E-state index < -0.39 is 55.2 Å². The van der Waals surface area contributed by atoms with Gasteiger partial charge in [-0.25, -0.2) is 9.59 Å². The van der Waals surface area contributed by atoms with Crippen LogP contribution in [0.1, 0.15) is 37.1 Å². The zero-order valence-electron chi connectivity index (χ0n) is 13.2. The number of hydrogen-bond acceptors (Lipinski definition) is 9. The van der Waals surface area contributed by atoms with Gasteiger partial charge in [-0.2, -0.15) is 4.98 Å². The van der Waals surface area contributed by atoms with Crippen molar-refractivity contribution in [3.05, 3.63) is 11.7 Å². The number of nitrogens with one attached hydrogen (secondary N) is 2. The average molecular weight is 360 g/mol. The molecule has 13 nitrogen and oxygen atoms in total. The first kappa shape index (κ1) is 20.3. The quantitative estimate of drug-likeness (QED) is 0.238. The third-order valence-corrected chi connectivity index (χ3v) is 3.07. The predicted octanol–water partition coefficient (Wildman–Crippen LogP) is -2.89. The van der Waals surface area contributed by atoms with Crippen molar-refractivity contribution in [2.24, 2.45) is 11.5 Å². The van der Waals surface area contributed by atoms with Gasteiger partial charge in [-0.3, -0.25) is 4.79 Å². The number of hydrogen-bond donors (Lipinski definition) is 7. The van der Waals surface area contributed by atoms with Crippen LogP contribution in [0.15, 0.2) is 4.52 Å². The van der Waals surface area contributed by atoms with Gasteiger partial charge in [0.1, 0.15) is 6.04 Å². The van der Waals surface area contributed by atoms with E-state index in [1.165, 1.54) is 6.92 Å². The van der Waals surface area contributed by atoms with Gasteiger partial charge in [-0.05, 0) is 6.92 Å². The zero-order valence-corrected chi connectivity index (χ0v) is 13.2. The molecule has 0 bridgehead atoms. The molecule has 0 saturated heterocycles. The molecule has 13 heteroatoms. The van der Waals surface area contributed by atoms with E-state index in [0.717, 1.165) is 0 Å². The lowest BCUT2D eigenvalue weighted by Gasteiger charge is -2.16. The number of carboxylic acids is 1. The second-order valence-corrected chi connectivity index (χ2v) is 5.17. The molecule has 0 aromatic carbocycles. The predicted molar refractivity (Wildman–Crippen MR) is 79.6 cm³/mol. The Labute approximate surface area is 141 Å². The standard InChI is InChI=1S/C12H20N6O7/c1-4(20)8(14)9-17-10(25-18-9)5(2-7(13)21)15-12(24)16-6(3-19)11(22)23/h4-6,8,19-20H,2-3,14H2,1H3,(H2,13,21)(H,22,23)(H2,15,16,24)/t4-,5-,6-,8?/m1/s1. The molecule has 1 heterocycles. The Bertz CT molecular complexity index is 619. The lowest BCUT2D eigenvalue weighted by molar-refractivity contribution is -0.140. The van der Waals surface area contributed by atoms with Gasteiger partial charge in [-0.1, -0.05) is 5.16 Å². The highest BCUT2D eigenvalue weighted by Crippen LogP contribution is 2.18. The van der Waals surface area contributed by atoms with Crippen LogP contribution in [0, 0.1) is 0 Å². The zero-order chi connectivity index (χ0) is 19.1. The van der Waals surface area contributed by atoms with Crippen molar-refractivity contribution in [1.29, 1.82) is 0 Å². The molecule has 1 unspecified atom stereocenters. The van der Waals surface area contributed by atoms with Crippen LogP contribution in [0.4, 0.5) is 4.79 Å². The fraction of sp³-hybridized carbons (Fsp3) is 0.583. The van der Waals surface area contributed by atoms with Gasteiger partial charge in [0, 0.05) is 0 Å². The summed E-state index contributed by atoms with van der Waals surface area (Å²) in [6, 6.07) is -4.66.